The molecule has 11 heteroatoms. The molecule has 0 bridgehead atoms. The molecule has 2 rings (SSSR count). The molecule has 0 aliphatic heterocycles. The van der Waals surface area contributed by atoms with Crippen LogP contribution in [0.25, 0.3) is 0 Å². The van der Waals surface area contributed by atoms with E-state index in [0.717, 1.165) is 0 Å². The number of nitrogens with one attached hydrogen (secondary N) is 2. The number of hydrogen-bond acceptors (Lipinski definition) is 4. The number of rotatable bonds is 2. The van der Waals surface area contributed by atoms with Gasteiger partial charge in [0.15, 0.2) is 0 Å². The van der Waals surface area contributed by atoms with Crippen molar-refractivity contribution in [3.05, 3.63) is 33.3 Å². The molecule has 0 saturated heterocycles. The lowest BCUT2D eigenvalue weighted by Gasteiger charge is -2.06. The first kappa shape index (κ1) is 15.8. The zero-order valence-electron chi connectivity index (χ0n) is 9.83. The SMILES string of the molecule is O=C(Nc1cc(Cl)cc(Cl)c1)Nc1nnc(C(F)(F)F)s1. The Kier molecular flexibility index (Phi) is 4.55. The van der Waals surface area contributed by atoms with E-state index in [1.165, 1.54) is 18.2 Å². The average molecular weight is 357 g/mol. The number of carbonyl (C=O) groups excluding carboxylic acids is 1. The lowest BCUT2D eigenvalue weighted by atomic mass is 10.3. The number of benzene rings is 1. The van der Waals surface area contributed by atoms with E-state index in [-0.39, 0.29) is 22.2 Å². The highest BCUT2D eigenvalue weighted by Gasteiger charge is 2.35. The molecular weight excluding hydrogens is 352 g/mol. The molecule has 0 atom stereocenters. The normalized spacial score (nSPS) is 11.3. The summed E-state index contributed by atoms with van der Waals surface area (Å²) >= 11 is 11.7. The van der Waals surface area contributed by atoms with Crippen LogP contribution in [-0.2, 0) is 6.18 Å². The van der Waals surface area contributed by atoms with Gasteiger partial charge in [0.1, 0.15) is 0 Å². The molecule has 2 aromatic rings. The average Bonchev–Trinajstić information content (AvgIpc) is 2.75. The molecule has 0 unspecified atom stereocenters. The van der Waals surface area contributed by atoms with Gasteiger partial charge in [-0.25, -0.2) is 4.79 Å². The lowest BCUT2D eigenvalue weighted by Crippen LogP contribution is -2.19. The van der Waals surface area contributed by atoms with Crippen molar-refractivity contribution in [2.75, 3.05) is 10.6 Å². The predicted octanol–water partition coefficient (Wildman–Crippen LogP) is 4.51. The van der Waals surface area contributed by atoms with Gasteiger partial charge < -0.3 is 5.32 Å². The van der Waals surface area contributed by atoms with Crippen LogP contribution in [0, 0.1) is 0 Å². The molecule has 1 aromatic carbocycles. The van der Waals surface area contributed by atoms with Crippen LogP contribution < -0.4 is 10.6 Å². The number of anilines is 2. The van der Waals surface area contributed by atoms with Gasteiger partial charge in [-0.2, -0.15) is 13.2 Å². The summed E-state index contributed by atoms with van der Waals surface area (Å²) in [5.41, 5.74) is 0.283. The minimum atomic E-state index is -4.60. The quantitative estimate of drug-likeness (QED) is 0.831. The highest BCUT2D eigenvalue weighted by Crippen LogP contribution is 2.33. The van der Waals surface area contributed by atoms with E-state index in [0.29, 0.717) is 10.0 Å². The first-order valence-electron chi connectivity index (χ1n) is 5.19. The third-order valence-corrected chi connectivity index (χ3v) is 3.33. The van der Waals surface area contributed by atoms with Crippen molar-refractivity contribution in [2.45, 2.75) is 6.18 Å². The molecule has 0 spiro atoms. The molecule has 0 aliphatic rings. The Labute approximate surface area is 130 Å². The van der Waals surface area contributed by atoms with Gasteiger partial charge >= 0.3 is 12.2 Å². The van der Waals surface area contributed by atoms with E-state index in [9.17, 15) is 18.0 Å². The molecule has 1 aromatic heterocycles. The predicted molar refractivity (Wildman–Crippen MR) is 74.0 cm³/mol. The number of nitrogens with zero attached hydrogens (tertiary/aromatic N) is 2. The number of halogens is 5. The van der Waals surface area contributed by atoms with Gasteiger partial charge in [0, 0.05) is 15.7 Å². The topological polar surface area (TPSA) is 66.9 Å². The van der Waals surface area contributed by atoms with Crippen LogP contribution in [0.2, 0.25) is 10.0 Å². The van der Waals surface area contributed by atoms with Gasteiger partial charge in [-0.15, -0.1) is 10.2 Å². The molecule has 2 N–H and O–H groups in total. The molecule has 21 heavy (non-hydrogen) atoms. The van der Waals surface area contributed by atoms with E-state index in [1.54, 1.807) is 0 Å². The van der Waals surface area contributed by atoms with Crippen LogP contribution in [-0.4, -0.2) is 16.2 Å². The highest BCUT2D eigenvalue weighted by atomic mass is 35.5. The molecule has 0 fully saturated rings. The molecule has 2 amide bonds. The monoisotopic (exact) mass is 356 g/mol. The first-order valence-corrected chi connectivity index (χ1v) is 6.76. The standard InChI is InChI=1S/C10H5Cl2F3N4OS/c11-4-1-5(12)3-6(2-4)16-8(20)17-9-19-18-7(21-9)10(13,14)15/h1-3H,(H2,16,17,19,20). The number of urea groups is 1. The molecule has 112 valence electrons. The Morgan fingerprint density at radius 2 is 1.71 bits per heavy atom. The maximum Gasteiger partial charge on any atom is 0.445 e. The van der Waals surface area contributed by atoms with E-state index < -0.39 is 17.2 Å². The Bertz CT molecular complexity index is 656. The maximum absolute atomic E-state index is 12.3. The van der Waals surface area contributed by atoms with Gasteiger partial charge in [0.05, 0.1) is 0 Å². The van der Waals surface area contributed by atoms with E-state index in [1.807, 2.05) is 0 Å². The van der Waals surface area contributed by atoms with Crippen LogP contribution in [0.15, 0.2) is 18.2 Å². The van der Waals surface area contributed by atoms with Gasteiger partial charge in [-0.05, 0) is 18.2 Å². The molecule has 0 aliphatic carbocycles. The second kappa shape index (κ2) is 6.04. The maximum atomic E-state index is 12.3. The molecule has 0 saturated carbocycles. The highest BCUT2D eigenvalue weighted by molar-refractivity contribution is 7.15. The van der Waals surface area contributed by atoms with Crippen molar-refractivity contribution >= 4 is 51.4 Å². The fourth-order valence-corrected chi connectivity index (χ4v) is 2.41. The third-order valence-electron chi connectivity index (χ3n) is 2.01. The second-order valence-corrected chi connectivity index (χ2v) is 5.50. The summed E-state index contributed by atoms with van der Waals surface area (Å²) in [7, 11) is 0. The molecule has 1 heterocycles. The zero-order chi connectivity index (χ0) is 15.6. The summed E-state index contributed by atoms with van der Waals surface area (Å²) in [4.78, 5) is 11.6. The van der Waals surface area contributed by atoms with Crippen LogP contribution in [0.1, 0.15) is 5.01 Å². The van der Waals surface area contributed by atoms with E-state index in [2.05, 4.69) is 20.8 Å². The minimum absolute atomic E-state index is 0.214. The number of carbonyl (C=O) groups is 1. The van der Waals surface area contributed by atoms with Crippen LogP contribution in [0.3, 0.4) is 0 Å². The largest absolute Gasteiger partial charge is 0.445 e. The molecular formula is C10H5Cl2F3N4OS. The lowest BCUT2D eigenvalue weighted by molar-refractivity contribution is -0.138. The molecule has 5 nitrogen and oxygen atoms in total. The van der Waals surface area contributed by atoms with Crippen LogP contribution >= 0.6 is 34.5 Å². The van der Waals surface area contributed by atoms with Gasteiger partial charge in [0.25, 0.3) is 0 Å². The Balaban J connectivity index is 2.03. The summed E-state index contributed by atoms with van der Waals surface area (Å²) in [5, 5.41) is 9.81. The van der Waals surface area contributed by atoms with E-state index >= 15 is 0 Å². The first-order chi connectivity index (χ1) is 9.74. The number of amides is 2. The smallest absolute Gasteiger partial charge is 0.308 e. The van der Waals surface area contributed by atoms with Crippen molar-refractivity contribution in [1.29, 1.82) is 0 Å². The van der Waals surface area contributed by atoms with Crippen molar-refractivity contribution < 1.29 is 18.0 Å². The fraction of sp³-hybridized carbons (Fsp3) is 0.100. The van der Waals surface area contributed by atoms with Gasteiger partial charge in [-0.1, -0.05) is 34.5 Å². The van der Waals surface area contributed by atoms with Gasteiger partial charge in [-0.3, -0.25) is 5.32 Å². The van der Waals surface area contributed by atoms with Crippen molar-refractivity contribution in [3.8, 4) is 0 Å². The third kappa shape index (κ3) is 4.45. The number of alkyl halides is 3. The van der Waals surface area contributed by atoms with Gasteiger partial charge in [0.2, 0.25) is 10.1 Å². The summed E-state index contributed by atoms with van der Waals surface area (Å²) in [6.07, 6.45) is -4.60. The zero-order valence-corrected chi connectivity index (χ0v) is 12.2. The summed E-state index contributed by atoms with van der Waals surface area (Å²) in [5.74, 6) is 0. The van der Waals surface area contributed by atoms with Crippen molar-refractivity contribution in [3.63, 3.8) is 0 Å². The number of hydrogen-bond donors (Lipinski definition) is 2. The molecule has 0 radical (unpaired) electrons. The summed E-state index contributed by atoms with van der Waals surface area (Å²) < 4.78 is 37.0. The Morgan fingerprint density at radius 3 is 2.24 bits per heavy atom. The van der Waals surface area contributed by atoms with Crippen molar-refractivity contribution in [1.82, 2.24) is 10.2 Å². The summed E-state index contributed by atoms with van der Waals surface area (Å²) in [6.45, 7) is 0. The second-order valence-electron chi connectivity index (χ2n) is 3.65. The number of aromatic nitrogens is 2. The van der Waals surface area contributed by atoms with Crippen LogP contribution in [0.4, 0.5) is 28.8 Å². The minimum Gasteiger partial charge on any atom is -0.308 e. The fourth-order valence-electron chi connectivity index (χ4n) is 1.27. The van der Waals surface area contributed by atoms with E-state index in [4.69, 9.17) is 23.2 Å². The summed E-state index contributed by atoms with van der Waals surface area (Å²) in [6, 6.07) is 3.52. The van der Waals surface area contributed by atoms with Crippen LogP contribution in [0.5, 0.6) is 0 Å². The van der Waals surface area contributed by atoms with Crippen molar-refractivity contribution in [2.24, 2.45) is 0 Å². The Morgan fingerprint density at radius 1 is 1.10 bits per heavy atom. The Hall–Kier alpha value is -1.58.